The third-order valence-electron chi connectivity index (χ3n) is 1.79. The Balaban J connectivity index is 2.89. The SMILES string of the molecule is N#Cc1c2cccccc-2oc1=S. The molecule has 0 aromatic carbocycles. The van der Waals surface area contributed by atoms with E-state index in [9.17, 15) is 0 Å². The van der Waals surface area contributed by atoms with Gasteiger partial charge in [0.05, 0.1) is 0 Å². The average molecular weight is 187 g/mol. The van der Waals surface area contributed by atoms with Crippen LogP contribution < -0.4 is 0 Å². The molecule has 2 nitrogen and oxygen atoms in total. The lowest BCUT2D eigenvalue weighted by Crippen LogP contribution is -1.71. The predicted molar refractivity (Wildman–Crippen MR) is 50.9 cm³/mol. The van der Waals surface area contributed by atoms with E-state index in [0.29, 0.717) is 11.3 Å². The van der Waals surface area contributed by atoms with Crippen molar-refractivity contribution in [2.45, 2.75) is 0 Å². The Kier molecular flexibility index (Phi) is 1.84. The van der Waals surface area contributed by atoms with Crippen molar-refractivity contribution in [2.75, 3.05) is 0 Å². The molecule has 2 aliphatic rings. The average Bonchev–Trinajstić information content (AvgIpc) is 2.32. The minimum Gasteiger partial charge on any atom is -0.444 e. The molecule has 0 saturated heterocycles. The van der Waals surface area contributed by atoms with Gasteiger partial charge < -0.3 is 4.42 Å². The van der Waals surface area contributed by atoms with Crippen LogP contribution in [0.15, 0.2) is 34.7 Å². The first-order valence-corrected chi connectivity index (χ1v) is 4.15. The monoisotopic (exact) mass is 187 g/mol. The van der Waals surface area contributed by atoms with Gasteiger partial charge in [-0.05, 0) is 24.4 Å². The summed E-state index contributed by atoms with van der Waals surface area (Å²) < 4.78 is 5.51. The highest BCUT2D eigenvalue weighted by Gasteiger charge is 2.12. The van der Waals surface area contributed by atoms with E-state index in [4.69, 9.17) is 21.9 Å². The molecule has 0 fully saturated rings. The molecule has 0 bridgehead atoms. The van der Waals surface area contributed by atoms with E-state index < -0.39 is 0 Å². The van der Waals surface area contributed by atoms with Crippen LogP contribution in [0.4, 0.5) is 0 Å². The van der Waals surface area contributed by atoms with E-state index in [1.54, 1.807) is 6.07 Å². The number of nitriles is 1. The molecule has 0 aromatic rings. The zero-order chi connectivity index (χ0) is 9.26. The number of rotatable bonds is 0. The zero-order valence-corrected chi connectivity index (χ0v) is 7.47. The standard InChI is InChI=1S/C10H5NOS/c11-6-8-7-4-2-1-3-5-9(7)12-10(8)13/h1-5H. The van der Waals surface area contributed by atoms with Gasteiger partial charge in [-0.3, -0.25) is 0 Å². The van der Waals surface area contributed by atoms with E-state index in [1.165, 1.54) is 0 Å². The predicted octanol–water partition coefficient (Wildman–Crippen LogP) is 2.99. The summed E-state index contributed by atoms with van der Waals surface area (Å²) in [6, 6.07) is 11.2. The van der Waals surface area contributed by atoms with Gasteiger partial charge in [0.2, 0.25) is 4.71 Å². The molecule has 13 heavy (non-hydrogen) atoms. The van der Waals surface area contributed by atoms with Gasteiger partial charge in [-0.2, -0.15) is 5.26 Å². The van der Waals surface area contributed by atoms with Crippen LogP contribution in [0, 0.1) is 16.0 Å². The fourth-order valence-corrected chi connectivity index (χ4v) is 1.44. The second kappa shape index (κ2) is 3.00. The first-order valence-electron chi connectivity index (χ1n) is 3.75. The molecular weight excluding hydrogens is 182 g/mol. The smallest absolute Gasteiger partial charge is 0.209 e. The molecule has 1 aliphatic heterocycles. The second-order valence-corrected chi connectivity index (χ2v) is 2.94. The summed E-state index contributed by atoms with van der Waals surface area (Å²) in [5.41, 5.74) is 1.22. The summed E-state index contributed by atoms with van der Waals surface area (Å²) in [4.78, 5) is 0. The third-order valence-corrected chi connectivity index (χ3v) is 2.07. The first-order chi connectivity index (χ1) is 6.33. The van der Waals surface area contributed by atoms with Gasteiger partial charge in [-0.15, -0.1) is 0 Å². The van der Waals surface area contributed by atoms with E-state index in [-0.39, 0.29) is 4.71 Å². The largest absolute Gasteiger partial charge is 0.444 e. The molecule has 2 rings (SSSR count). The van der Waals surface area contributed by atoms with Gasteiger partial charge in [0.15, 0.2) is 0 Å². The summed E-state index contributed by atoms with van der Waals surface area (Å²) in [6.07, 6.45) is 0. The summed E-state index contributed by atoms with van der Waals surface area (Å²) in [6.45, 7) is 0. The van der Waals surface area contributed by atoms with Gasteiger partial charge in [0.25, 0.3) is 0 Å². The van der Waals surface area contributed by atoms with Crippen molar-refractivity contribution in [3.63, 3.8) is 0 Å². The molecule has 0 radical (unpaired) electrons. The molecular formula is C10H5NOS. The maximum Gasteiger partial charge on any atom is 0.209 e. The van der Waals surface area contributed by atoms with Gasteiger partial charge >= 0.3 is 0 Å². The van der Waals surface area contributed by atoms with Crippen LogP contribution in [0.3, 0.4) is 0 Å². The summed E-state index contributed by atoms with van der Waals surface area (Å²) in [5.74, 6) is 0.659. The Bertz CT molecular complexity index is 509. The van der Waals surface area contributed by atoms with Crippen molar-refractivity contribution in [3.05, 3.63) is 40.6 Å². The molecule has 1 aliphatic carbocycles. The Hall–Kier alpha value is -1.66. The molecule has 0 saturated carbocycles. The van der Waals surface area contributed by atoms with Gasteiger partial charge in [-0.25, -0.2) is 0 Å². The second-order valence-electron chi connectivity index (χ2n) is 2.56. The Morgan fingerprint density at radius 3 is 2.77 bits per heavy atom. The molecule has 0 unspecified atom stereocenters. The minimum atomic E-state index is 0.267. The molecule has 1 heterocycles. The summed E-state index contributed by atoms with van der Waals surface area (Å²) in [7, 11) is 0. The molecule has 3 heteroatoms. The zero-order valence-electron chi connectivity index (χ0n) is 6.65. The van der Waals surface area contributed by atoms with Gasteiger partial charge in [0, 0.05) is 5.56 Å². The van der Waals surface area contributed by atoms with Crippen molar-refractivity contribution in [3.8, 4) is 17.4 Å². The first kappa shape index (κ1) is 7.96. The topological polar surface area (TPSA) is 36.9 Å². The molecule has 0 amide bonds. The van der Waals surface area contributed by atoms with Crippen LogP contribution in [-0.2, 0) is 0 Å². The van der Waals surface area contributed by atoms with Crippen LogP contribution in [0.5, 0.6) is 0 Å². The molecule has 0 aromatic heterocycles. The number of hydrogen-bond donors (Lipinski definition) is 0. The Labute approximate surface area is 80.4 Å². The van der Waals surface area contributed by atoms with E-state index in [0.717, 1.165) is 5.56 Å². The van der Waals surface area contributed by atoms with E-state index in [1.807, 2.05) is 30.3 Å². The van der Waals surface area contributed by atoms with Crippen LogP contribution in [0.2, 0.25) is 0 Å². The third kappa shape index (κ3) is 1.21. The van der Waals surface area contributed by atoms with Crippen LogP contribution in [0.25, 0.3) is 11.3 Å². The maximum atomic E-state index is 8.81. The fourth-order valence-electron chi connectivity index (χ4n) is 1.19. The summed E-state index contributed by atoms with van der Waals surface area (Å²) in [5, 5.41) is 8.81. The van der Waals surface area contributed by atoms with Crippen molar-refractivity contribution >= 4 is 12.2 Å². The number of nitrogens with zero attached hydrogens (tertiary/aromatic N) is 1. The Morgan fingerprint density at radius 1 is 1.23 bits per heavy atom. The van der Waals surface area contributed by atoms with Crippen LogP contribution >= 0.6 is 12.2 Å². The maximum absolute atomic E-state index is 8.81. The van der Waals surface area contributed by atoms with Crippen LogP contribution in [-0.4, -0.2) is 0 Å². The molecule has 0 spiro atoms. The van der Waals surface area contributed by atoms with Crippen LogP contribution in [0.1, 0.15) is 5.56 Å². The van der Waals surface area contributed by atoms with Crippen molar-refractivity contribution in [1.29, 1.82) is 5.26 Å². The van der Waals surface area contributed by atoms with Crippen molar-refractivity contribution in [1.82, 2.24) is 0 Å². The van der Waals surface area contributed by atoms with Gasteiger partial charge in [-0.1, -0.05) is 18.2 Å². The lowest BCUT2D eigenvalue weighted by Gasteiger charge is -1.85. The molecule has 0 atom stereocenters. The number of furan rings is 1. The van der Waals surface area contributed by atoms with Crippen molar-refractivity contribution < 1.29 is 4.42 Å². The highest BCUT2D eigenvalue weighted by Crippen LogP contribution is 2.27. The number of fused-ring (bicyclic) bond motifs is 1. The van der Waals surface area contributed by atoms with E-state index >= 15 is 0 Å². The quantitative estimate of drug-likeness (QED) is 0.595. The Morgan fingerprint density at radius 2 is 2.00 bits per heavy atom. The molecule has 62 valence electrons. The summed E-state index contributed by atoms with van der Waals surface area (Å²) >= 11 is 4.90. The molecule has 0 N–H and O–H groups in total. The fraction of sp³-hybridized carbons (Fsp3) is 0. The lowest BCUT2D eigenvalue weighted by atomic mass is 10.1. The highest BCUT2D eigenvalue weighted by atomic mass is 32.1. The highest BCUT2D eigenvalue weighted by molar-refractivity contribution is 7.71. The van der Waals surface area contributed by atoms with E-state index in [2.05, 4.69) is 0 Å². The normalized spacial score (nSPS) is 9.77. The van der Waals surface area contributed by atoms with Gasteiger partial charge in [0.1, 0.15) is 17.4 Å². The van der Waals surface area contributed by atoms with Crippen molar-refractivity contribution in [2.24, 2.45) is 0 Å². The number of hydrogen-bond acceptors (Lipinski definition) is 3. The lowest BCUT2D eigenvalue weighted by molar-refractivity contribution is 0.567. The minimum absolute atomic E-state index is 0.267.